The van der Waals surface area contributed by atoms with Crippen molar-refractivity contribution in [2.24, 2.45) is 5.92 Å². The minimum Gasteiger partial charge on any atom is -0.444 e. The predicted molar refractivity (Wildman–Crippen MR) is 90.5 cm³/mol. The second-order valence-corrected chi connectivity index (χ2v) is 7.49. The first-order chi connectivity index (χ1) is 10.7. The maximum atomic E-state index is 12.2. The predicted octanol–water partition coefficient (Wildman–Crippen LogP) is 4.67. The molecule has 1 aliphatic rings. The highest BCUT2D eigenvalue weighted by Crippen LogP contribution is 2.34. The third-order valence-corrected chi connectivity index (χ3v) is 4.17. The van der Waals surface area contributed by atoms with Gasteiger partial charge < -0.3 is 10.1 Å². The van der Waals surface area contributed by atoms with Crippen molar-refractivity contribution in [1.29, 1.82) is 0 Å². The standard InChI is InChI=1S/C18H24ClNO3/c1-18(2,3)23-17(22)20-16(12-7-9-15(21)10-8-12)13-5-4-6-14(19)11-13/h4-6,11-12,16H,7-10H2,1-3H3,(H,20,22). The smallest absolute Gasteiger partial charge is 0.408 e. The molecule has 1 amide bonds. The number of carbonyl (C=O) groups excluding carboxylic acids is 2. The number of hydrogen-bond acceptors (Lipinski definition) is 3. The molecule has 1 atom stereocenters. The largest absolute Gasteiger partial charge is 0.444 e. The summed E-state index contributed by atoms with van der Waals surface area (Å²) in [4.78, 5) is 23.7. The summed E-state index contributed by atoms with van der Waals surface area (Å²) in [5.74, 6) is 0.502. The van der Waals surface area contributed by atoms with Crippen molar-refractivity contribution in [1.82, 2.24) is 5.32 Å². The zero-order chi connectivity index (χ0) is 17.0. The van der Waals surface area contributed by atoms with Crippen LogP contribution in [0.25, 0.3) is 0 Å². The van der Waals surface area contributed by atoms with Crippen LogP contribution in [0.2, 0.25) is 5.02 Å². The molecule has 0 bridgehead atoms. The summed E-state index contributed by atoms with van der Waals surface area (Å²) in [6, 6.07) is 7.29. The first-order valence-corrected chi connectivity index (χ1v) is 8.39. The van der Waals surface area contributed by atoms with E-state index < -0.39 is 11.7 Å². The number of halogens is 1. The second kappa shape index (κ2) is 7.35. The van der Waals surface area contributed by atoms with Crippen molar-refractivity contribution < 1.29 is 14.3 Å². The summed E-state index contributed by atoms with van der Waals surface area (Å²) < 4.78 is 5.38. The fourth-order valence-electron chi connectivity index (χ4n) is 2.90. The van der Waals surface area contributed by atoms with Crippen LogP contribution in [0.4, 0.5) is 4.79 Å². The minimum atomic E-state index is -0.550. The van der Waals surface area contributed by atoms with Crippen LogP contribution in [-0.2, 0) is 9.53 Å². The van der Waals surface area contributed by atoms with Crippen molar-refractivity contribution in [2.75, 3.05) is 0 Å². The molecule has 1 aromatic rings. The molecule has 0 aliphatic heterocycles. The van der Waals surface area contributed by atoms with E-state index in [2.05, 4.69) is 5.32 Å². The molecule has 0 radical (unpaired) electrons. The van der Waals surface area contributed by atoms with E-state index in [1.54, 1.807) is 6.07 Å². The van der Waals surface area contributed by atoms with E-state index in [9.17, 15) is 9.59 Å². The van der Waals surface area contributed by atoms with Gasteiger partial charge in [-0.2, -0.15) is 0 Å². The highest BCUT2D eigenvalue weighted by Gasteiger charge is 2.30. The number of ketones is 1. The van der Waals surface area contributed by atoms with Crippen LogP contribution in [0.3, 0.4) is 0 Å². The lowest BCUT2D eigenvalue weighted by atomic mass is 9.80. The van der Waals surface area contributed by atoms with Gasteiger partial charge in [0.15, 0.2) is 0 Å². The summed E-state index contributed by atoms with van der Waals surface area (Å²) in [5, 5.41) is 3.60. The van der Waals surface area contributed by atoms with Gasteiger partial charge in [0.2, 0.25) is 0 Å². The number of alkyl carbamates (subject to hydrolysis) is 1. The van der Waals surface area contributed by atoms with Crippen LogP contribution in [0.15, 0.2) is 24.3 Å². The zero-order valence-electron chi connectivity index (χ0n) is 13.9. The van der Waals surface area contributed by atoms with E-state index in [1.807, 2.05) is 39.0 Å². The highest BCUT2D eigenvalue weighted by molar-refractivity contribution is 6.30. The van der Waals surface area contributed by atoms with Crippen LogP contribution >= 0.6 is 11.6 Å². The second-order valence-electron chi connectivity index (χ2n) is 7.06. The summed E-state index contributed by atoms with van der Waals surface area (Å²) in [6.07, 6.45) is 2.23. The van der Waals surface area contributed by atoms with Crippen LogP contribution in [0, 0.1) is 5.92 Å². The Labute approximate surface area is 142 Å². The Morgan fingerprint density at radius 2 is 1.96 bits per heavy atom. The summed E-state index contributed by atoms with van der Waals surface area (Å²) in [6.45, 7) is 5.50. The Bertz CT molecular complexity index is 570. The number of Topliss-reactive ketones (excluding diaryl/α,β-unsaturated/α-hetero) is 1. The summed E-state index contributed by atoms with van der Waals surface area (Å²) in [7, 11) is 0. The quantitative estimate of drug-likeness (QED) is 0.872. The van der Waals surface area contributed by atoms with Crippen molar-refractivity contribution in [2.45, 2.75) is 58.1 Å². The molecular weight excluding hydrogens is 314 g/mol. The number of hydrogen-bond donors (Lipinski definition) is 1. The SMILES string of the molecule is CC(C)(C)OC(=O)NC(c1cccc(Cl)c1)C1CCC(=O)CC1. The zero-order valence-corrected chi connectivity index (χ0v) is 14.7. The molecule has 2 rings (SSSR count). The lowest BCUT2D eigenvalue weighted by Gasteiger charge is -2.31. The van der Waals surface area contributed by atoms with E-state index in [1.165, 1.54) is 0 Å². The van der Waals surface area contributed by atoms with Gasteiger partial charge in [0.05, 0.1) is 6.04 Å². The molecule has 0 aromatic heterocycles. The van der Waals surface area contributed by atoms with Crippen molar-refractivity contribution in [3.63, 3.8) is 0 Å². The molecule has 1 unspecified atom stereocenters. The van der Waals surface area contributed by atoms with Crippen molar-refractivity contribution in [3.05, 3.63) is 34.9 Å². The Kier molecular flexibility index (Phi) is 5.69. The molecular formula is C18H24ClNO3. The molecule has 1 saturated carbocycles. The number of nitrogens with one attached hydrogen (secondary N) is 1. The molecule has 1 N–H and O–H groups in total. The third-order valence-electron chi connectivity index (χ3n) is 3.94. The van der Waals surface area contributed by atoms with E-state index in [0.717, 1.165) is 18.4 Å². The van der Waals surface area contributed by atoms with Crippen LogP contribution in [0.5, 0.6) is 0 Å². The molecule has 0 heterocycles. The monoisotopic (exact) mass is 337 g/mol. The number of amides is 1. The molecule has 1 fully saturated rings. The van der Waals surface area contributed by atoms with Gasteiger partial charge in [-0.3, -0.25) is 4.79 Å². The normalized spacial score (nSPS) is 17.7. The Balaban J connectivity index is 2.17. The van der Waals surface area contributed by atoms with Crippen molar-refractivity contribution in [3.8, 4) is 0 Å². The molecule has 1 aliphatic carbocycles. The van der Waals surface area contributed by atoms with Gasteiger partial charge in [0, 0.05) is 17.9 Å². The van der Waals surface area contributed by atoms with E-state index in [0.29, 0.717) is 23.6 Å². The van der Waals surface area contributed by atoms with Gasteiger partial charge in [-0.05, 0) is 57.2 Å². The maximum Gasteiger partial charge on any atom is 0.408 e. The molecule has 23 heavy (non-hydrogen) atoms. The first-order valence-electron chi connectivity index (χ1n) is 8.01. The fraction of sp³-hybridized carbons (Fsp3) is 0.556. The molecule has 126 valence electrons. The lowest BCUT2D eigenvalue weighted by molar-refractivity contribution is -0.121. The molecule has 0 spiro atoms. The molecule has 1 aromatic carbocycles. The van der Waals surface area contributed by atoms with Gasteiger partial charge in [-0.15, -0.1) is 0 Å². The molecule has 4 nitrogen and oxygen atoms in total. The summed E-state index contributed by atoms with van der Waals surface area (Å²) in [5.41, 5.74) is 0.397. The topological polar surface area (TPSA) is 55.4 Å². The lowest BCUT2D eigenvalue weighted by Crippen LogP contribution is -2.38. The third kappa shape index (κ3) is 5.54. The van der Waals surface area contributed by atoms with Gasteiger partial charge in [0.1, 0.15) is 11.4 Å². The Hall–Kier alpha value is -1.55. The van der Waals surface area contributed by atoms with Crippen molar-refractivity contribution >= 4 is 23.5 Å². The molecule has 5 heteroatoms. The van der Waals surface area contributed by atoms with Gasteiger partial charge in [-0.1, -0.05) is 23.7 Å². The fourth-order valence-corrected chi connectivity index (χ4v) is 3.10. The van der Waals surface area contributed by atoms with Crippen LogP contribution in [0.1, 0.15) is 58.1 Å². The van der Waals surface area contributed by atoms with Crippen LogP contribution < -0.4 is 5.32 Å². The first kappa shape index (κ1) is 17.8. The Morgan fingerprint density at radius 1 is 1.30 bits per heavy atom. The Morgan fingerprint density at radius 3 is 2.52 bits per heavy atom. The van der Waals surface area contributed by atoms with E-state index in [4.69, 9.17) is 16.3 Å². The molecule has 0 saturated heterocycles. The van der Waals surface area contributed by atoms with Gasteiger partial charge in [-0.25, -0.2) is 4.79 Å². The minimum absolute atomic E-state index is 0.198. The van der Waals surface area contributed by atoms with Crippen LogP contribution in [-0.4, -0.2) is 17.5 Å². The van der Waals surface area contributed by atoms with E-state index in [-0.39, 0.29) is 12.0 Å². The summed E-state index contributed by atoms with van der Waals surface area (Å²) >= 11 is 6.10. The number of rotatable bonds is 3. The van der Waals surface area contributed by atoms with E-state index >= 15 is 0 Å². The highest BCUT2D eigenvalue weighted by atomic mass is 35.5. The average molecular weight is 338 g/mol. The van der Waals surface area contributed by atoms with Gasteiger partial charge >= 0.3 is 6.09 Å². The number of benzene rings is 1. The number of carbonyl (C=O) groups is 2. The average Bonchev–Trinajstić information content (AvgIpc) is 2.44. The maximum absolute atomic E-state index is 12.2. The van der Waals surface area contributed by atoms with Gasteiger partial charge in [0.25, 0.3) is 0 Å². The number of ether oxygens (including phenoxy) is 1.